The van der Waals surface area contributed by atoms with Crippen molar-refractivity contribution in [3.05, 3.63) is 24.3 Å². The summed E-state index contributed by atoms with van der Waals surface area (Å²) in [6, 6.07) is 8.13. The zero-order valence-electron chi connectivity index (χ0n) is 11.9. The molecule has 1 unspecified atom stereocenters. The number of hydrogen-bond donors (Lipinski definition) is 1. The van der Waals surface area contributed by atoms with Gasteiger partial charge in [-0.15, -0.1) is 0 Å². The highest BCUT2D eigenvalue weighted by Crippen LogP contribution is 2.49. The molecule has 2 saturated carbocycles. The first-order valence-electron chi connectivity index (χ1n) is 7.42. The molecule has 0 spiro atoms. The molecule has 3 rings (SSSR count). The predicted octanol–water partition coefficient (Wildman–Crippen LogP) is 3.78. The van der Waals surface area contributed by atoms with Gasteiger partial charge < -0.3 is 9.88 Å². The third-order valence-corrected chi connectivity index (χ3v) is 6.43. The van der Waals surface area contributed by atoms with Crippen molar-refractivity contribution >= 4 is 18.1 Å². The molecule has 2 aliphatic rings. The zero-order chi connectivity index (χ0) is 13.5. The molecular formula is C16H24NOP. The van der Waals surface area contributed by atoms with Crippen LogP contribution in [0.2, 0.25) is 0 Å². The van der Waals surface area contributed by atoms with Gasteiger partial charge in [-0.2, -0.15) is 0 Å². The molecule has 3 atom stereocenters. The first-order chi connectivity index (χ1) is 9.02. The average molecular weight is 277 g/mol. The van der Waals surface area contributed by atoms with Gasteiger partial charge in [0.2, 0.25) is 0 Å². The Morgan fingerprint density at radius 2 is 1.89 bits per heavy atom. The van der Waals surface area contributed by atoms with Crippen molar-refractivity contribution in [1.29, 1.82) is 0 Å². The van der Waals surface area contributed by atoms with E-state index in [-0.39, 0.29) is 0 Å². The highest BCUT2D eigenvalue weighted by molar-refractivity contribution is 7.70. The maximum absolute atomic E-state index is 12.1. The molecule has 1 aromatic rings. The molecular weight excluding hydrogens is 253 g/mol. The second-order valence-corrected chi connectivity index (χ2v) is 9.94. The van der Waals surface area contributed by atoms with Gasteiger partial charge in [-0.1, -0.05) is 12.1 Å². The highest BCUT2D eigenvalue weighted by Gasteiger charge is 2.39. The van der Waals surface area contributed by atoms with E-state index in [1.165, 1.54) is 25.7 Å². The van der Waals surface area contributed by atoms with Gasteiger partial charge in [0.05, 0.1) is 0 Å². The zero-order valence-corrected chi connectivity index (χ0v) is 12.8. The van der Waals surface area contributed by atoms with E-state index in [9.17, 15) is 4.57 Å². The summed E-state index contributed by atoms with van der Waals surface area (Å²) in [7, 11) is -2.14. The number of rotatable bonds is 4. The van der Waals surface area contributed by atoms with Gasteiger partial charge in [-0.25, -0.2) is 0 Å². The molecule has 2 fully saturated rings. The summed E-state index contributed by atoms with van der Waals surface area (Å²) in [4.78, 5) is 0. The summed E-state index contributed by atoms with van der Waals surface area (Å²) in [6.07, 6.45) is 5.76. The Balaban J connectivity index is 1.59. The minimum atomic E-state index is -2.14. The van der Waals surface area contributed by atoms with Gasteiger partial charge in [-0.3, -0.25) is 0 Å². The molecule has 0 aliphatic heterocycles. The summed E-state index contributed by atoms with van der Waals surface area (Å²) >= 11 is 0. The maximum atomic E-state index is 12.1. The van der Waals surface area contributed by atoms with Crippen LogP contribution in [0.15, 0.2) is 24.3 Å². The van der Waals surface area contributed by atoms with Crippen molar-refractivity contribution in [2.24, 2.45) is 17.8 Å². The molecule has 1 N–H and O–H groups in total. The van der Waals surface area contributed by atoms with Crippen LogP contribution in [0.3, 0.4) is 0 Å². The lowest BCUT2D eigenvalue weighted by molar-refractivity contribution is 0.219. The van der Waals surface area contributed by atoms with Crippen molar-refractivity contribution in [2.45, 2.75) is 25.7 Å². The van der Waals surface area contributed by atoms with Gasteiger partial charge in [0.15, 0.2) is 0 Å². The topological polar surface area (TPSA) is 29.1 Å². The Morgan fingerprint density at radius 1 is 1.21 bits per heavy atom. The number of anilines is 1. The molecule has 104 valence electrons. The van der Waals surface area contributed by atoms with Crippen molar-refractivity contribution < 1.29 is 4.57 Å². The SMILES string of the molecule is CP(C)(=O)c1cccc(NCC2C[C@H]3CC[C@H]3C2)c1. The molecule has 19 heavy (non-hydrogen) atoms. The number of nitrogens with one attached hydrogen (secondary N) is 1. The first-order valence-corrected chi connectivity index (χ1v) is 10.0. The van der Waals surface area contributed by atoms with Crippen molar-refractivity contribution in [1.82, 2.24) is 0 Å². The minimum absolute atomic E-state index is 0.844. The number of hydrogen-bond acceptors (Lipinski definition) is 2. The fraction of sp³-hybridized carbons (Fsp3) is 0.625. The number of benzene rings is 1. The van der Waals surface area contributed by atoms with E-state index in [1.54, 1.807) is 0 Å². The second kappa shape index (κ2) is 4.98. The van der Waals surface area contributed by atoms with E-state index < -0.39 is 7.14 Å². The molecule has 0 radical (unpaired) electrons. The second-order valence-electron chi connectivity index (χ2n) is 6.72. The monoisotopic (exact) mass is 277 g/mol. The molecule has 0 heterocycles. The average Bonchev–Trinajstić information content (AvgIpc) is 2.62. The molecule has 3 heteroatoms. The van der Waals surface area contributed by atoms with Gasteiger partial charge in [0.25, 0.3) is 0 Å². The van der Waals surface area contributed by atoms with E-state index in [4.69, 9.17) is 0 Å². The lowest BCUT2D eigenvalue weighted by Gasteiger charge is -2.29. The van der Waals surface area contributed by atoms with Crippen LogP contribution >= 0.6 is 7.14 Å². The van der Waals surface area contributed by atoms with Crippen LogP contribution in [0.4, 0.5) is 5.69 Å². The molecule has 0 saturated heterocycles. The quantitative estimate of drug-likeness (QED) is 0.849. The van der Waals surface area contributed by atoms with Gasteiger partial charge in [0.1, 0.15) is 7.14 Å². The van der Waals surface area contributed by atoms with Crippen LogP contribution in [-0.4, -0.2) is 19.9 Å². The van der Waals surface area contributed by atoms with Gasteiger partial charge >= 0.3 is 0 Å². The summed E-state index contributed by atoms with van der Waals surface area (Å²) < 4.78 is 12.1. The lowest BCUT2D eigenvalue weighted by atomic mass is 9.77. The van der Waals surface area contributed by atoms with Crippen LogP contribution in [0.25, 0.3) is 0 Å². The van der Waals surface area contributed by atoms with Crippen molar-refractivity contribution in [3.8, 4) is 0 Å². The molecule has 0 aromatic heterocycles. The van der Waals surface area contributed by atoms with Crippen LogP contribution in [-0.2, 0) is 4.57 Å². The van der Waals surface area contributed by atoms with Crippen LogP contribution < -0.4 is 10.6 Å². The summed E-state index contributed by atoms with van der Waals surface area (Å²) in [5, 5.41) is 4.52. The van der Waals surface area contributed by atoms with Crippen LogP contribution in [0.5, 0.6) is 0 Å². The largest absolute Gasteiger partial charge is 0.385 e. The molecule has 2 aliphatic carbocycles. The van der Waals surface area contributed by atoms with Crippen molar-refractivity contribution in [3.63, 3.8) is 0 Å². The first kappa shape index (κ1) is 13.2. The maximum Gasteiger partial charge on any atom is 0.109 e. The molecule has 1 aromatic carbocycles. The van der Waals surface area contributed by atoms with E-state index in [0.29, 0.717) is 0 Å². The highest BCUT2D eigenvalue weighted by atomic mass is 31.2. The lowest BCUT2D eigenvalue weighted by Crippen LogP contribution is -2.18. The number of fused-ring (bicyclic) bond motifs is 1. The Bertz CT molecular complexity index is 495. The fourth-order valence-corrected chi connectivity index (χ4v) is 4.49. The normalized spacial score (nSPS) is 29.7. The van der Waals surface area contributed by atoms with Gasteiger partial charge in [-0.05, 0) is 68.9 Å². The van der Waals surface area contributed by atoms with E-state index in [1.807, 2.05) is 25.5 Å². The van der Waals surface area contributed by atoms with E-state index in [2.05, 4.69) is 17.4 Å². The Morgan fingerprint density at radius 3 is 2.47 bits per heavy atom. The van der Waals surface area contributed by atoms with Crippen LogP contribution in [0.1, 0.15) is 25.7 Å². The van der Waals surface area contributed by atoms with Crippen LogP contribution in [0, 0.1) is 17.8 Å². The summed E-state index contributed by atoms with van der Waals surface area (Å²) in [6.45, 7) is 4.75. The predicted molar refractivity (Wildman–Crippen MR) is 83.0 cm³/mol. The summed E-state index contributed by atoms with van der Waals surface area (Å²) in [5.74, 6) is 2.91. The Kier molecular flexibility index (Phi) is 3.47. The third-order valence-electron chi connectivity index (χ3n) is 4.91. The smallest absolute Gasteiger partial charge is 0.109 e. The third kappa shape index (κ3) is 2.89. The fourth-order valence-electron chi connectivity index (χ4n) is 3.59. The summed E-state index contributed by atoms with van der Waals surface area (Å²) in [5.41, 5.74) is 1.13. The molecule has 0 bridgehead atoms. The Labute approximate surface area is 116 Å². The van der Waals surface area contributed by atoms with E-state index in [0.717, 1.165) is 35.3 Å². The Hall–Kier alpha value is -0.750. The van der Waals surface area contributed by atoms with E-state index >= 15 is 0 Å². The molecule has 2 nitrogen and oxygen atoms in total. The minimum Gasteiger partial charge on any atom is -0.385 e. The van der Waals surface area contributed by atoms with Crippen molar-refractivity contribution in [2.75, 3.05) is 25.2 Å². The molecule has 0 amide bonds. The van der Waals surface area contributed by atoms with Gasteiger partial charge in [0, 0.05) is 17.5 Å². The standard InChI is InChI=1S/C16H24NOP/c1-19(2,18)16-5-3-4-15(10-16)17-11-12-8-13-6-7-14(13)9-12/h3-5,10,12-14,17H,6-9,11H2,1-2H3/t12?,13-,14+.